The molecule has 174 valence electrons. The summed E-state index contributed by atoms with van der Waals surface area (Å²) in [5.74, 6) is -1.41. The van der Waals surface area contributed by atoms with Crippen molar-refractivity contribution in [1.82, 2.24) is 4.57 Å². The third-order valence-corrected chi connectivity index (χ3v) is 6.16. The molecule has 9 heteroatoms. The second kappa shape index (κ2) is 9.56. The molecule has 1 atom stereocenters. The molecular weight excluding hydrogens is 459 g/mol. The second-order valence-corrected chi connectivity index (χ2v) is 8.46. The first-order valence-electron chi connectivity index (χ1n) is 10.5. The summed E-state index contributed by atoms with van der Waals surface area (Å²) in [5, 5.41) is 0. The summed E-state index contributed by atoms with van der Waals surface area (Å²) in [4.78, 5) is 42.6. The van der Waals surface area contributed by atoms with Crippen LogP contribution in [0.1, 0.15) is 37.9 Å². The van der Waals surface area contributed by atoms with E-state index in [2.05, 4.69) is 4.99 Å². The van der Waals surface area contributed by atoms with Crippen LogP contribution >= 0.6 is 11.3 Å². The Kier molecular flexibility index (Phi) is 6.56. The van der Waals surface area contributed by atoms with Gasteiger partial charge in [-0.15, -0.1) is 0 Å². The smallest absolute Gasteiger partial charge is 0.338 e. The van der Waals surface area contributed by atoms with E-state index in [-0.39, 0.29) is 22.3 Å². The monoisotopic (exact) mass is 480 g/mol. The number of hydrogen-bond acceptors (Lipinski definition) is 7. The Morgan fingerprint density at radius 1 is 1.18 bits per heavy atom. The molecule has 0 saturated heterocycles. The number of carbonyl (C=O) groups excluding carboxylic acids is 2. The van der Waals surface area contributed by atoms with Crippen molar-refractivity contribution in [1.29, 1.82) is 0 Å². The van der Waals surface area contributed by atoms with E-state index in [1.807, 2.05) is 0 Å². The maximum Gasteiger partial charge on any atom is 0.338 e. The lowest BCUT2D eigenvalue weighted by atomic mass is 9.95. The molecule has 0 radical (unpaired) electrons. The maximum atomic E-state index is 14.9. The number of benzene rings is 2. The molecular formula is C25H21FN2O5S. The van der Waals surface area contributed by atoms with Gasteiger partial charge in [-0.05, 0) is 32.1 Å². The number of esters is 2. The lowest BCUT2D eigenvalue weighted by Crippen LogP contribution is -2.40. The highest BCUT2D eigenvalue weighted by Crippen LogP contribution is 2.32. The molecule has 1 aliphatic rings. The average Bonchev–Trinajstić information content (AvgIpc) is 3.09. The van der Waals surface area contributed by atoms with Gasteiger partial charge in [-0.2, -0.15) is 0 Å². The fourth-order valence-electron chi connectivity index (χ4n) is 3.77. The molecule has 1 unspecified atom stereocenters. The van der Waals surface area contributed by atoms with Crippen LogP contribution in [-0.4, -0.2) is 23.1 Å². The molecule has 2 heterocycles. The third kappa shape index (κ3) is 4.34. The Labute approximate surface area is 198 Å². The highest BCUT2D eigenvalue weighted by molar-refractivity contribution is 7.07. The van der Waals surface area contributed by atoms with Crippen LogP contribution in [0.3, 0.4) is 0 Å². The molecule has 0 bridgehead atoms. The van der Waals surface area contributed by atoms with Gasteiger partial charge in [0.25, 0.3) is 5.56 Å². The Balaban J connectivity index is 1.97. The van der Waals surface area contributed by atoms with Gasteiger partial charge in [0.1, 0.15) is 17.6 Å². The van der Waals surface area contributed by atoms with Crippen molar-refractivity contribution in [3.63, 3.8) is 0 Å². The lowest BCUT2D eigenvalue weighted by Gasteiger charge is -2.24. The van der Waals surface area contributed by atoms with E-state index in [9.17, 15) is 18.8 Å². The minimum Gasteiger partial charge on any atom is -0.463 e. The second-order valence-electron chi connectivity index (χ2n) is 7.46. The highest BCUT2D eigenvalue weighted by Gasteiger charge is 2.34. The Hall–Kier alpha value is -3.85. The predicted octanol–water partition coefficient (Wildman–Crippen LogP) is 2.86. The lowest BCUT2D eigenvalue weighted by molar-refractivity contribution is -0.139. The van der Waals surface area contributed by atoms with Crippen LogP contribution in [0.5, 0.6) is 5.75 Å². The van der Waals surface area contributed by atoms with Gasteiger partial charge in [-0.25, -0.2) is 14.2 Å². The van der Waals surface area contributed by atoms with Crippen molar-refractivity contribution in [2.45, 2.75) is 26.8 Å². The number of nitrogens with zero attached hydrogens (tertiary/aromatic N) is 2. The minimum atomic E-state index is -1.04. The zero-order valence-corrected chi connectivity index (χ0v) is 19.5. The molecule has 34 heavy (non-hydrogen) atoms. The molecule has 0 amide bonds. The number of rotatable bonds is 5. The average molecular weight is 481 g/mol. The summed E-state index contributed by atoms with van der Waals surface area (Å²) < 4.78 is 26.9. The van der Waals surface area contributed by atoms with Crippen LogP contribution in [-0.2, 0) is 14.3 Å². The SMILES string of the molecule is CCOC(=O)C1=C(C)N=c2sc(=Cc3ccccc3OC(C)=O)c(=O)n2C1c1ccccc1F. The van der Waals surface area contributed by atoms with E-state index < -0.39 is 29.4 Å². The fourth-order valence-corrected chi connectivity index (χ4v) is 4.81. The van der Waals surface area contributed by atoms with Gasteiger partial charge >= 0.3 is 11.9 Å². The molecule has 2 aromatic carbocycles. The van der Waals surface area contributed by atoms with Gasteiger partial charge in [-0.1, -0.05) is 47.7 Å². The quantitative estimate of drug-likeness (QED) is 0.414. The zero-order valence-electron chi connectivity index (χ0n) is 18.7. The number of para-hydroxylation sites is 1. The number of halogens is 1. The number of thiazole rings is 1. The topological polar surface area (TPSA) is 87.0 Å². The summed E-state index contributed by atoms with van der Waals surface area (Å²) >= 11 is 1.10. The van der Waals surface area contributed by atoms with Crippen LogP contribution < -0.4 is 19.6 Å². The third-order valence-electron chi connectivity index (χ3n) is 5.18. The number of hydrogen-bond donors (Lipinski definition) is 0. The van der Waals surface area contributed by atoms with Crippen molar-refractivity contribution in [3.05, 3.63) is 96.4 Å². The van der Waals surface area contributed by atoms with Crippen LogP contribution in [0.25, 0.3) is 6.08 Å². The van der Waals surface area contributed by atoms with Crippen LogP contribution in [0, 0.1) is 5.82 Å². The number of ether oxygens (including phenoxy) is 2. The fraction of sp³-hybridized carbons (Fsp3) is 0.200. The van der Waals surface area contributed by atoms with Gasteiger partial charge in [-0.3, -0.25) is 14.2 Å². The van der Waals surface area contributed by atoms with Gasteiger partial charge in [0.2, 0.25) is 0 Å². The Bertz CT molecular complexity index is 1500. The van der Waals surface area contributed by atoms with Gasteiger partial charge in [0.05, 0.1) is 22.4 Å². The predicted molar refractivity (Wildman–Crippen MR) is 125 cm³/mol. The first-order chi connectivity index (χ1) is 16.3. The van der Waals surface area contributed by atoms with Crippen molar-refractivity contribution in [3.8, 4) is 5.75 Å². The van der Waals surface area contributed by atoms with E-state index in [0.717, 1.165) is 11.3 Å². The Morgan fingerprint density at radius 2 is 1.88 bits per heavy atom. The Morgan fingerprint density at radius 3 is 2.59 bits per heavy atom. The molecule has 0 N–H and O–H groups in total. The van der Waals surface area contributed by atoms with E-state index in [4.69, 9.17) is 9.47 Å². The first-order valence-corrected chi connectivity index (χ1v) is 11.3. The van der Waals surface area contributed by atoms with E-state index in [1.165, 1.54) is 29.7 Å². The summed E-state index contributed by atoms with van der Waals surface area (Å²) in [6.45, 7) is 4.71. The molecule has 0 aliphatic carbocycles. The van der Waals surface area contributed by atoms with Crippen molar-refractivity contribution < 1.29 is 23.5 Å². The zero-order chi connectivity index (χ0) is 24.4. The highest BCUT2D eigenvalue weighted by atomic mass is 32.1. The molecule has 7 nitrogen and oxygen atoms in total. The van der Waals surface area contributed by atoms with E-state index in [0.29, 0.717) is 21.8 Å². The molecule has 1 aliphatic heterocycles. The largest absolute Gasteiger partial charge is 0.463 e. The number of aromatic nitrogens is 1. The van der Waals surface area contributed by atoms with E-state index in [1.54, 1.807) is 50.3 Å². The van der Waals surface area contributed by atoms with Crippen molar-refractivity contribution >= 4 is 29.4 Å². The summed E-state index contributed by atoms with van der Waals surface area (Å²) in [5.41, 5.74) is 0.675. The summed E-state index contributed by atoms with van der Waals surface area (Å²) in [7, 11) is 0. The standard InChI is InChI=1S/C25H21FN2O5S/c1-4-32-24(31)21-14(2)27-25-28(22(21)17-10-6-7-11-18(17)26)23(30)20(34-25)13-16-9-5-8-12-19(16)33-15(3)29/h5-13,22H,4H2,1-3H3. The van der Waals surface area contributed by atoms with Crippen LogP contribution in [0.2, 0.25) is 0 Å². The maximum absolute atomic E-state index is 14.9. The minimum absolute atomic E-state index is 0.103. The van der Waals surface area contributed by atoms with Crippen LogP contribution in [0.15, 0.2) is 69.6 Å². The number of allylic oxidation sites excluding steroid dienone is 1. The first kappa shape index (κ1) is 23.3. The molecule has 0 fully saturated rings. The molecule has 4 rings (SSSR count). The summed E-state index contributed by atoms with van der Waals surface area (Å²) in [6.07, 6.45) is 1.59. The van der Waals surface area contributed by atoms with E-state index >= 15 is 0 Å². The normalized spacial score (nSPS) is 15.5. The van der Waals surface area contributed by atoms with Crippen LogP contribution in [0.4, 0.5) is 4.39 Å². The van der Waals surface area contributed by atoms with Crippen molar-refractivity contribution in [2.75, 3.05) is 6.61 Å². The number of fused-ring (bicyclic) bond motifs is 1. The van der Waals surface area contributed by atoms with Gasteiger partial charge < -0.3 is 9.47 Å². The molecule has 1 aromatic heterocycles. The summed E-state index contributed by atoms with van der Waals surface area (Å²) in [6, 6.07) is 11.7. The van der Waals surface area contributed by atoms with Gasteiger partial charge in [0, 0.05) is 18.1 Å². The van der Waals surface area contributed by atoms with Crippen molar-refractivity contribution in [2.24, 2.45) is 4.99 Å². The van der Waals surface area contributed by atoms with Gasteiger partial charge in [0.15, 0.2) is 4.80 Å². The molecule has 0 saturated carbocycles. The molecule has 3 aromatic rings. The molecule has 0 spiro atoms. The number of carbonyl (C=O) groups is 2.